The van der Waals surface area contributed by atoms with Crippen LogP contribution in [0.1, 0.15) is 30.6 Å². The van der Waals surface area contributed by atoms with Crippen LogP contribution in [0.4, 0.5) is 10.1 Å². The zero-order valence-electron chi connectivity index (χ0n) is 15.4. The molecule has 0 radical (unpaired) electrons. The number of nitrogens with zero attached hydrogens (tertiary/aromatic N) is 1. The van der Waals surface area contributed by atoms with Crippen molar-refractivity contribution in [1.29, 1.82) is 0 Å². The van der Waals surface area contributed by atoms with E-state index in [1.807, 2.05) is 0 Å². The number of sulfonamides is 1. The SMILES string of the molecule is C[C@H]1C[C@H](C)CN(S(=O)(=O)c2ccc(C(=O)Nc3ccc(F)cc3)cc2)C1. The van der Waals surface area contributed by atoms with Crippen molar-refractivity contribution in [3.8, 4) is 0 Å². The molecule has 2 aromatic carbocycles. The quantitative estimate of drug-likeness (QED) is 0.865. The highest BCUT2D eigenvalue weighted by molar-refractivity contribution is 7.89. The molecule has 2 aromatic rings. The number of benzene rings is 2. The number of nitrogens with one attached hydrogen (secondary N) is 1. The lowest BCUT2D eigenvalue weighted by Crippen LogP contribution is -2.42. The maximum Gasteiger partial charge on any atom is 0.255 e. The molecule has 1 saturated heterocycles. The third-order valence-corrected chi connectivity index (χ3v) is 6.54. The molecule has 1 heterocycles. The first-order valence-corrected chi connectivity index (χ1v) is 10.4. The number of anilines is 1. The number of hydrogen-bond acceptors (Lipinski definition) is 3. The smallest absolute Gasteiger partial charge is 0.255 e. The third kappa shape index (κ3) is 4.54. The van der Waals surface area contributed by atoms with Crippen LogP contribution in [-0.2, 0) is 10.0 Å². The average molecular weight is 390 g/mol. The molecule has 1 N–H and O–H groups in total. The molecule has 2 atom stereocenters. The summed E-state index contributed by atoms with van der Waals surface area (Å²) in [4.78, 5) is 12.5. The first-order chi connectivity index (χ1) is 12.8. The Morgan fingerprint density at radius 2 is 1.56 bits per heavy atom. The molecule has 0 spiro atoms. The van der Waals surface area contributed by atoms with Crippen LogP contribution in [0.2, 0.25) is 0 Å². The molecule has 1 amide bonds. The Kier molecular flexibility index (Phi) is 5.62. The molecule has 144 valence electrons. The second kappa shape index (κ2) is 7.78. The lowest BCUT2D eigenvalue weighted by atomic mass is 9.94. The van der Waals surface area contributed by atoms with Gasteiger partial charge in [0.2, 0.25) is 10.0 Å². The van der Waals surface area contributed by atoms with Gasteiger partial charge in [-0.15, -0.1) is 0 Å². The van der Waals surface area contributed by atoms with Crippen molar-refractivity contribution in [1.82, 2.24) is 4.31 Å². The van der Waals surface area contributed by atoms with E-state index in [0.29, 0.717) is 36.2 Å². The number of piperidine rings is 1. The summed E-state index contributed by atoms with van der Waals surface area (Å²) in [6.45, 7) is 5.14. The Hall–Kier alpha value is -2.25. The van der Waals surface area contributed by atoms with Gasteiger partial charge < -0.3 is 5.32 Å². The summed E-state index contributed by atoms with van der Waals surface area (Å²) in [6.07, 6.45) is 1.02. The fourth-order valence-corrected chi connectivity index (χ4v) is 5.15. The first kappa shape index (κ1) is 19.5. The van der Waals surface area contributed by atoms with E-state index in [-0.39, 0.29) is 16.6 Å². The van der Waals surface area contributed by atoms with Crippen LogP contribution < -0.4 is 5.32 Å². The maximum absolute atomic E-state index is 12.9. The summed E-state index contributed by atoms with van der Waals surface area (Å²) >= 11 is 0. The third-order valence-electron chi connectivity index (χ3n) is 4.69. The van der Waals surface area contributed by atoms with E-state index < -0.39 is 10.0 Å². The van der Waals surface area contributed by atoms with Gasteiger partial charge in [0.25, 0.3) is 5.91 Å². The van der Waals surface area contributed by atoms with Crippen LogP contribution in [0.25, 0.3) is 0 Å². The lowest BCUT2D eigenvalue weighted by molar-refractivity contribution is 0.102. The minimum atomic E-state index is -3.57. The lowest BCUT2D eigenvalue weighted by Gasteiger charge is -2.34. The van der Waals surface area contributed by atoms with Gasteiger partial charge in [-0.3, -0.25) is 4.79 Å². The standard InChI is InChI=1S/C20H23FN2O3S/c1-14-11-15(2)13-23(12-14)27(25,26)19-9-3-16(4-10-19)20(24)22-18-7-5-17(21)6-8-18/h3-10,14-15H,11-13H2,1-2H3,(H,22,24)/t14-,15-/m0/s1. The van der Waals surface area contributed by atoms with Crippen molar-refractivity contribution in [2.24, 2.45) is 11.8 Å². The Bertz CT molecular complexity index is 901. The predicted octanol–water partition coefficient (Wildman–Crippen LogP) is 3.74. The number of hydrogen-bond donors (Lipinski definition) is 1. The molecule has 1 aliphatic heterocycles. The van der Waals surface area contributed by atoms with Gasteiger partial charge in [0.1, 0.15) is 5.82 Å². The van der Waals surface area contributed by atoms with Gasteiger partial charge >= 0.3 is 0 Å². The molecule has 1 fully saturated rings. The Balaban J connectivity index is 1.74. The molecule has 0 bridgehead atoms. The minimum absolute atomic E-state index is 0.183. The Morgan fingerprint density at radius 1 is 1.00 bits per heavy atom. The van der Waals surface area contributed by atoms with Crippen molar-refractivity contribution in [3.63, 3.8) is 0 Å². The molecule has 5 nitrogen and oxygen atoms in total. The molecule has 0 aromatic heterocycles. The van der Waals surface area contributed by atoms with E-state index in [0.717, 1.165) is 6.42 Å². The van der Waals surface area contributed by atoms with Crippen LogP contribution in [-0.4, -0.2) is 31.7 Å². The van der Waals surface area contributed by atoms with Crippen molar-refractivity contribution in [3.05, 3.63) is 59.9 Å². The molecular formula is C20H23FN2O3S. The van der Waals surface area contributed by atoms with Crippen LogP contribution in [0.5, 0.6) is 0 Å². The monoisotopic (exact) mass is 390 g/mol. The zero-order chi connectivity index (χ0) is 19.6. The minimum Gasteiger partial charge on any atom is -0.322 e. The van der Waals surface area contributed by atoms with Gasteiger partial charge in [0.05, 0.1) is 4.90 Å². The highest BCUT2D eigenvalue weighted by Crippen LogP contribution is 2.26. The van der Waals surface area contributed by atoms with Gasteiger partial charge in [-0.05, 0) is 66.8 Å². The summed E-state index contributed by atoms with van der Waals surface area (Å²) < 4.78 is 40.2. The summed E-state index contributed by atoms with van der Waals surface area (Å²) in [5, 5.41) is 2.65. The van der Waals surface area contributed by atoms with Gasteiger partial charge in [0, 0.05) is 24.3 Å². The highest BCUT2D eigenvalue weighted by Gasteiger charge is 2.31. The molecule has 3 rings (SSSR count). The normalized spacial score (nSPS) is 21.0. The number of amides is 1. The summed E-state index contributed by atoms with van der Waals surface area (Å²) in [5.41, 5.74) is 0.799. The van der Waals surface area contributed by atoms with Crippen molar-refractivity contribution in [2.75, 3.05) is 18.4 Å². The molecular weight excluding hydrogens is 367 g/mol. The second-order valence-electron chi connectivity index (χ2n) is 7.25. The van der Waals surface area contributed by atoms with Crippen molar-refractivity contribution >= 4 is 21.6 Å². The second-order valence-corrected chi connectivity index (χ2v) is 9.19. The first-order valence-electron chi connectivity index (χ1n) is 8.93. The van der Waals surface area contributed by atoms with Gasteiger partial charge in [-0.2, -0.15) is 4.31 Å². The van der Waals surface area contributed by atoms with Crippen molar-refractivity contribution in [2.45, 2.75) is 25.2 Å². The Morgan fingerprint density at radius 3 is 2.11 bits per heavy atom. The number of carbonyl (C=O) groups is 1. The molecule has 0 aliphatic carbocycles. The number of carbonyl (C=O) groups excluding carboxylic acids is 1. The van der Waals surface area contributed by atoms with Crippen LogP contribution >= 0.6 is 0 Å². The fraction of sp³-hybridized carbons (Fsp3) is 0.350. The van der Waals surface area contributed by atoms with Crippen LogP contribution in [0.3, 0.4) is 0 Å². The zero-order valence-corrected chi connectivity index (χ0v) is 16.2. The topological polar surface area (TPSA) is 66.5 Å². The summed E-state index contributed by atoms with van der Waals surface area (Å²) in [7, 11) is -3.57. The van der Waals surface area contributed by atoms with Gasteiger partial charge in [0.15, 0.2) is 0 Å². The Labute approximate surface area is 159 Å². The fourth-order valence-electron chi connectivity index (χ4n) is 3.47. The van der Waals surface area contributed by atoms with E-state index in [1.54, 1.807) is 0 Å². The van der Waals surface area contributed by atoms with Gasteiger partial charge in [-0.25, -0.2) is 12.8 Å². The van der Waals surface area contributed by atoms with E-state index in [1.165, 1.54) is 52.8 Å². The molecule has 27 heavy (non-hydrogen) atoms. The summed E-state index contributed by atoms with van der Waals surface area (Å²) in [5.74, 6) is -0.122. The van der Waals surface area contributed by atoms with Gasteiger partial charge in [-0.1, -0.05) is 13.8 Å². The summed E-state index contributed by atoms with van der Waals surface area (Å²) in [6, 6.07) is 11.3. The maximum atomic E-state index is 12.9. The highest BCUT2D eigenvalue weighted by atomic mass is 32.2. The number of halogens is 1. The molecule has 0 unspecified atom stereocenters. The average Bonchev–Trinajstić information content (AvgIpc) is 2.63. The molecule has 1 aliphatic rings. The van der Waals surface area contributed by atoms with E-state index in [9.17, 15) is 17.6 Å². The van der Waals surface area contributed by atoms with E-state index in [2.05, 4.69) is 19.2 Å². The van der Waals surface area contributed by atoms with E-state index >= 15 is 0 Å². The van der Waals surface area contributed by atoms with Crippen LogP contribution in [0.15, 0.2) is 53.4 Å². The molecule has 0 saturated carbocycles. The predicted molar refractivity (Wildman–Crippen MR) is 102 cm³/mol. The molecule has 7 heteroatoms. The van der Waals surface area contributed by atoms with Crippen LogP contribution in [0, 0.1) is 17.7 Å². The number of rotatable bonds is 4. The van der Waals surface area contributed by atoms with Crippen molar-refractivity contribution < 1.29 is 17.6 Å². The largest absolute Gasteiger partial charge is 0.322 e. The van der Waals surface area contributed by atoms with E-state index in [4.69, 9.17) is 0 Å².